The largest absolute Gasteiger partial charge is 0.416 e. The van der Waals surface area contributed by atoms with Crippen LogP contribution in [0.15, 0.2) is 47.4 Å². The molecule has 0 heterocycles. The maximum absolute atomic E-state index is 13.0. The third kappa shape index (κ3) is 3.88. The summed E-state index contributed by atoms with van der Waals surface area (Å²) in [5.74, 6) is 5.89. The van der Waals surface area contributed by atoms with Crippen molar-refractivity contribution >= 4 is 29.1 Å². The Morgan fingerprint density at radius 1 is 1.14 bits per heavy atom. The van der Waals surface area contributed by atoms with Gasteiger partial charge in [0.25, 0.3) is 0 Å². The fourth-order valence-electron chi connectivity index (χ4n) is 1.99. The molecule has 0 aliphatic carbocycles. The monoisotopic (exact) mass is 346 g/mol. The molecule has 2 rings (SSSR count). The smallest absolute Gasteiger partial charge is 0.313 e. The molecule has 0 aromatic heterocycles. The van der Waals surface area contributed by atoms with Gasteiger partial charge in [0.2, 0.25) is 0 Å². The number of hydrazine groups is 1. The van der Waals surface area contributed by atoms with Gasteiger partial charge in [0.05, 0.1) is 21.2 Å². The molecule has 0 bridgehead atoms. The molecule has 0 saturated heterocycles. The summed E-state index contributed by atoms with van der Waals surface area (Å²) in [5.41, 5.74) is 0.254. The van der Waals surface area contributed by atoms with Crippen LogP contribution in [0.3, 0.4) is 0 Å². The number of anilines is 1. The Bertz CT molecular complexity index is 659. The number of hydrogen-bond donors (Lipinski definition) is 1. The fraction of sp³-hybridized carbons (Fsp3) is 0.200. The number of nitrogens with zero attached hydrogens (tertiary/aromatic N) is 1. The number of alkyl halides is 3. The summed E-state index contributed by atoms with van der Waals surface area (Å²) in [6.07, 6.45) is -4.37. The van der Waals surface area contributed by atoms with Crippen LogP contribution < -0.4 is 10.9 Å². The lowest BCUT2D eigenvalue weighted by molar-refractivity contribution is -0.138. The van der Waals surface area contributed by atoms with Crippen molar-refractivity contribution in [2.75, 3.05) is 12.1 Å². The van der Waals surface area contributed by atoms with Gasteiger partial charge in [-0.3, -0.25) is 0 Å². The lowest BCUT2D eigenvalue weighted by Crippen LogP contribution is -2.25. The molecule has 2 aromatic carbocycles. The van der Waals surface area contributed by atoms with Gasteiger partial charge in [-0.2, -0.15) is 13.2 Å². The van der Waals surface area contributed by atoms with Gasteiger partial charge >= 0.3 is 6.18 Å². The second-order valence-corrected chi connectivity index (χ2v) is 6.04. The normalized spacial score (nSPS) is 11.5. The van der Waals surface area contributed by atoms with Crippen LogP contribution in [0.2, 0.25) is 5.02 Å². The zero-order valence-electron chi connectivity index (χ0n) is 11.7. The van der Waals surface area contributed by atoms with Crippen molar-refractivity contribution < 1.29 is 13.2 Å². The highest BCUT2D eigenvalue weighted by atomic mass is 35.5. The van der Waals surface area contributed by atoms with Gasteiger partial charge in [0, 0.05) is 12.8 Å². The SMILES string of the molecule is CN(N)c1cccc(Cl)c1SCc1ccccc1C(F)(F)F. The van der Waals surface area contributed by atoms with E-state index in [2.05, 4.69) is 0 Å². The number of thioether (sulfide) groups is 1. The first-order valence-electron chi connectivity index (χ1n) is 6.35. The summed E-state index contributed by atoms with van der Waals surface area (Å²) in [6.45, 7) is 0. The molecule has 2 aromatic rings. The molecule has 0 amide bonds. The lowest BCUT2D eigenvalue weighted by Gasteiger charge is -2.18. The van der Waals surface area contributed by atoms with Crippen LogP contribution in [-0.4, -0.2) is 7.05 Å². The Morgan fingerprint density at radius 2 is 1.82 bits per heavy atom. The van der Waals surface area contributed by atoms with E-state index in [0.29, 0.717) is 15.6 Å². The van der Waals surface area contributed by atoms with E-state index in [1.807, 2.05) is 0 Å². The zero-order valence-corrected chi connectivity index (χ0v) is 13.3. The first-order chi connectivity index (χ1) is 10.3. The van der Waals surface area contributed by atoms with E-state index in [0.717, 1.165) is 6.07 Å². The quantitative estimate of drug-likeness (QED) is 0.482. The van der Waals surface area contributed by atoms with Gasteiger partial charge < -0.3 is 5.01 Å². The van der Waals surface area contributed by atoms with E-state index in [-0.39, 0.29) is 11.3 Å². The summed E-state index contributed by atoms with van der Waals surface area (Å²) in [4.78, 5) is 0.658. The van der Waals surface area contributed by atoms with Gasteiger partial charge in [0.1, 0.15) is 0 Å². The molecule has 0 unspecified atom stereocenters. The van der Waals surface area contributed by atoms with E-state index in [9.17, 15) is 13.2 Å². The Hall–Kier alpha value is -1.37. The molecular weight excluding hydrogens is 333 g/mol. The minimum atomic E-state index is -4.37. The third-order valence-electron chi connectivity index (χ3n) is 3.02. The first-order valence-corrected chi connectivity index (χ1v) is 7.72. The van der Waals surface area contributed by atoms with Crippen LogP contribution in [0.5, 0.6) is 0 Å². The molecule has 118 valence electrons. The average molecular weight is 347 g/mol. The van der Waals surface area contributed by atoms with E-state index < -0.39 is 11.7 Å². The van der Waals surface area contributed by atoms with E-state index in [1.54, 1.807) is 31.3 Å². The van der Waals surface area contributed by atoms with Crippen molar-refractivity contribution in [3.05, 3.63) is 58.6 Å². The highest BCUT2D eigenvalue weighted by Gasteiger charge is 2.32. The molecule has 0 aliphatic heterocycles. The highest BCUT2D eigenvalue weighted by Crippen LogP contribution is 2.39. The topological polar surface area (TPSA) is 29.3 Å². The molecule has 2 nitrogen and oxygen atoms in total. The highest BCUT2D eigenvalue weighted by molar-refractivity contribution is 7.98. The van der Waals surface area contributed by atoms with E-state index in [1.165, 1.54) is 28.9 Å². The van der Waals surface area contributed by atoms with Crippen molar-refractivity contribution in [1.29, 1.82) is 0 Å². The Kier molecular flexibility index (Phi) is 5.26. The number of halogens is 4. The van der Waals surface area contributed by atoms with Crippen LogP contribution in [0.25, 0.3) is 0 Å². The van der Waals surface area contributed by atoms with Gasteiger partial charge in [-0.15, -0.1) is 11.8 Å². The predicted octanol–water partition coefficient (Wildman–Crippen LogP) is 4.96. The molecule has 0 radical (unpaired) electrons. The fourth-order valence-corrected chi connectivity index (χ4v) is 3.44. The molecule has 2 N–H and O–H groups in total. The van der Waals surface area contributed by atoms with Crippen molar-refractivity contribution in [3.8, 4) is 0 Å². The molecular formula is C15H14ClF3N2S. The van der Waals surface area contributed by atoms with Gasteiger partial charge in [-0.1, -0.05) is 35.9 Å². The maximum atomic E-state index is 13.0. The van der Waals surface area contributed by atoms with Crippen LogP contribution >= 0.6 is 23.4 Å². The second kappa shape index (κ2) is 6.81. The Morgan fingerprint density at radius 3 is 2.45 bits per heavy atom. The van der Waals surface area contributed by atoms with Gasteiger partial charge in [-0.25, -0.2) is 5.84 Å². The van der Waals surface area contributed by atoms with Crippen molar-refractivity contribution in [1.82, 2.24) is 0 Å². The number of hydrogen-bond acceptors (Lipinski definition) is 3. The van der Waals surface area contributed by atoms with Crippen molar-refractivity contribution in [2.24, 2.45) is 5.84 Å². The third-order valence-corrected chi connectivity index (χ3v) is 4.62. The standard InChI is InChI=1S/C15H14ClF3N2S/c1-21(20)13-8-4-7-12(16)14(13)22-9-10-5-2-3-6-11(10)15(17,18)19/h2-8H,9,20H2,1H3. The number of nitrogens with two attached hydrogens (primary N) is 1. The minimum absolute atomic E-state index is 0.153. The van der Waals surface area contributed by atoms with Gasteiger partial charge in [-0.05, 0) is 23.8 Å². The number of rotatable bonds is 4. The first kappa shape index (κ1) is 17.0. The van der Waals surface area contributed by atoms with Crippen LogP contribution in [0.1, 0.15) is 11.1 Å². The van der Waals surface area contributed by atoms with Crippen LogP contribution in [0.4, 0.5) is 18.9 Å². The molecule has 0 aliphatic rings. The summed E-state index contributed by atoms with van der Waals surface area (Å²) >= 11 is 7.38. The molecule has 22 heavy (non-hydrogen) atoms. The Balaban J connectivity index is 2.29. The zero-order chi connectivity index (χ0) is 16.3. The van der Waals surface area contributed by atoms with Gasteiger partial charge in [0.15, 0.2) is 0 Å². The second-order valence-electron chi connectivity index (χ2n) is 4.64. The number of benzene rings is 2. The predicted molar refractivity (Wildman–Crippen MR) is 85.0 cm³/mol. The average Bonchev–Trinajstić information content (AvgIpc) is 2.45. The summed E-state index contributed by atoms with van der Waals surface area (Å²) in [7, 11) is 1.65. The Labute approximate surface area is 136 Å². The minimum Gasteiger partial charge on any atom is -0.313 e. The maximum Gasteiger partial charge on any atom is 0.416 e. The van der Waals surface area contributed by atoms with Crippen molar-refractivity contribution in [2.45, 2.75) is 16.8 Å². The van der Waals surface area contributed by atoms with E-state index in [4.69, 9.17) is 17.4 Å². The molecule has 0 saturated carbocycles. The molecule has 7 heteroatoms. The molecule has 0 fully saturated rings. The molecule has 0 spiro atoms. The van der Waals surface area contributed by atoms with Crippen LogP contribution in [-0.2, 0) is 11.9 Å². The lowest BCUT2D eigenvalue weighted by atomic mass is 10.1. The summed E-state index contributed by atoms with van der Waals surface area (Å²) in [5, 5.41) is 1.86. The molecule has 0 atom stereocenters. The van der Waals surface area contributed by atoms with Crippen molar-refractivity contribution in [3.63, 3.8) is 0 Å². The summed E-state index contributed by atoms with van der Waals surface area (Å²) < 4.78 is 39.0. The summed E-state index contributed by atoms with van der Waals surface area (Å²) in [6, 6.07) is 10.7. The van der Waals surface area contributed by atoms with E-state index >= 15 is 0 Å². The van der Waals surface area contributed by atoms with Crippen LogP contribution in [0, 0.1) is 0 Å².